The van der Waals surface area contributed by atoms with E-state index in [4.69, 9.17) is 37.8 Å². The molecule has 0 N–H and O–H groups in total. The molecule has 0 spiro atoms. The predicted molar refractivity (Wildman–Crippen MR) is 147 cm³/mol. The van der Waals surface area contributed by atoms with Crippen molar-refractivity contribution in [2.75, 3.05) is 88.7 Å². The first-order valence-corrected chi connectivity index (χ1v) is 15.5. The molecular weight excluding hydrogens is 572 g/mol. The predicted octanol–water partition coefficient (Wildman–Crippen LogP) is -1.42. The second-order valence-corrected chi connectivity index (χ2v) is 11.4. The zero-order valence-electron chi connectivity index (χ0n) is 22.6. The summed E-state index contributed by atoms with van der Waals surface area (Å²) in [4.78, 5) is 10.8. The lowest BCUT2D eigenvalue weighted by Crippen LogP contribution is -2.68. The van der Waals surface area contributed by atoms with Gasteiger partial charge in [0, 0.05) is 54.9 Å². The third-order valence-electron chi connectivity index (χ3n) is 7.09. The van der Waals surface area contributed by atoms with Crippen LogP contribution in [-0.4, -0.2) is 94.9 Å². The van der Waals surface area contributed by atoms with E-state index in [0.29, 0.717) is 0 Å². The van der Waals surface area contributed by atoms with Crippen molar-refractivity contribution in [3.8, 4) is 0 Å². The number of ether oxygens (including phenoxy) is 3. The van der Waals surface area contributed by atoms with Crippen molar-refractivity contribution < 1.29 is 47.7 Å². The van der Waals surface area contributed by atoms with Crippen LogP contribution in [0.4, 0.5) is 11.4 Å². The van der Waals surface area contributed by atoms with Crippen molar-refractivity contribution in [2.45, 2.75) is 0 Å². The molecule has 11 nitrogen and oxygen atoms in total. The molecular formula is C28H33ClN4O7S. The summed E-state index contributed by atoms with van der Waals surface area (Å²) in [6, 6.07) is 18.0. The van der Waals surface area contributed by atoms with Gasteiger partial charge in [-0.05, 0) is 40.4 Å². The molecule has 4 aliphatic rings. The molecule has 4 heterocycles. The third kappa shape index (κ3) is 8.51. The molecule has 2 aromatic carbocycles. The molecule has 41 heavy (non-hydrogen) atoms. The lowest BCUT2D eigenvalue weighted by atomic mass is 9.96. The maximum absolute atomic E-state index is 8.49. The number of hydrogen-bond acceptors (Lipinski definition) is 10. The Bertz CT molecular complexity index is 1180. The molecule has 0 aromatic heterocycles. The first-order valence-electron chi connectivity index (χ1n) is 13.5. The van der Waals surface area contributed by atoms with Crippen molar-refractivity contribution in [1.82, 2.24) is 0 Å². The number of allylic oxidation sites excluding steroid dienone is 1. The van der Waals surface area contributed by atoms with E-state index in [1.807, 2.05) is 6.21 Å². The van der Waals surface area contributed by atoms with Gasteiger partial charge < -0.3 is 24.0 Å². The average molecular weight is 605 g/mol. The van der Waals surface area contributed by atoms with Gasteiger partial charge in [-0.3, -0.25) is 0 Å². The van der Waals surface area contributed by atoms with Gasteiger partial charge in [0.15, 0.2) is 6.21 Å². The number of benzene rings is 2. The fourth-order valence-electron chi connectivity index (χ4n) is 5.05. The van der Waals surface area contributed by atoms with Crippen LogP contribution in [0.3, 0.4) is 0 Å². The lowest BCUT2D eigenvalue weighted by Gasteiger charge is -2.29. The number of rotatable bonds is 4. The zero-order valence-corrected chi connectivity index (χ0v) is 24.2. The summed E-state index contributed by atoms with van der Waals surface area (Å²) < 4.78 is 52.9. The van der Waals surface area contributed by atoms with E-state index in [0.717, 1.165) is 84.1 Å². The van der Waals surface area contributed by atoms with Crippen LogP contribution in [0.5, 0.6) is 0 Å². The standard InChI is InChI=1S/C28H33N4O3S.ClHO4/c1-5-24(30-9-15-33-16-10-30)6-2-22(1)27(26-21-29-28(36-26)32-13-19-35-20-14-32)23-3-7-25(8-4-23)31-11-17-34-18-12-31;2-1(3,4)5/h1-8,21H,9-20H2;(H,2,3,4,5)/q+1;/p-1. The highest BCUT2D eigenvalue weighted by atomic mass is 35.7. The van der Waals surface area contributed by atoms with Crippen LogP contribution in [0.25, 0.3) is 5.57 Å². The van der Waals surface area contributed by atoms with E-state index in [-0.39, 0.29) is 0 Å². The normalized spacial score (nSPS) is 19.8. The average Bonchev–Trinajstić information content (AvgIpc) is 3.48. The Morgan fingerprint density at radius 3 is 1.54 bits per heavy atom. The summed E-state index contributed by atoms with van der Waals surface area (Å²) in [6.07, 6.45) is 2.04. The molecule has 13 heteroatoms. The van der Waals surface area contributed by atoms with Gasteiger partial charge in [-0.2, -0.15) is 0 Å². The van der Waals surface area contributed by atoms with Crippen LogP contribution >= 0.6 is 11.8 Å². The van der Waals surface area contributed by atoms with Crippen molar-refractivity contribution in [3.63, 3.8) is 0 Å². The Morgan fingerprint density at radius 1 is 0.683 bits per heavy atom. The Balaban J connectivity index is 0.000000623. The Hall–Kier alpha value is -2.52. The maximum atomic E-state index is 8.49. The number of nitrogens with zero attached hydrogens (tertiary/aromatic N) is 4. The van der Waals surface area contributed by atoms with Gasteiger partial charge in [-0.15, -0.1) is 10.2 Å². The summed E-state index contributed by atoms with van der Waals surface area (Å²) in [7, 11) is -4.94. The summed E-state index contributed by atoms with van der Waals surface area (Å²) >= 11 is 1.77. The van der Waals surface area contributed by atoms with Crippen LogP contribution in [0.2, 0.25) is 0 Å². The molecule has 0 saturated carbocycles. The number of amidine groups is 1. The maximum Gasteiger partial charge on any atom is 0.359 e. The van der Waals surface area contributed by atoms with Gasteiger partial charge >= 0.3 is 5.17 Å². The highest BCUT2D eigenvalue weighted by Crippen LogP contribution is 2.37. The largest absolute Gasteiger partial charge is 0.378 e. The van der Waals surface area contributed by atoms with Gasteiger partial charge in [0.25, 0.3) is 0 Å². The first-order chi connectivity index (χ1) is 19.8. The number of hydrogen-bond donors (Lipinski definition) is 0. The highest BCUT2D eigenvalue weighted by Gasteiger charge is 2.28. The van der Waals surface area contributed by atoms with E-state index < -0.39 is 10.2 Å². The minimum absolute atomic E-state index is 0.761. The number of thioether (sulfide) groups is 1. The van der Waals surface area contributed by atoms with Crippen LogP contribution in [0.15, 0.2) is 58.4 Å². The Labute approximate surface area is 245 Å². The summed E-state index contributed by atoms with van der Waals surface area (Å²) in [6.45, 7) is 10.2. The fourth-order valence-corrected chi connectivity index (χ4v) is 6.11. The second kappa shape index (κ2) is 14.1. The van der Waals surface area contributed by atoms with Crippen LogP contribution in [0, 0.1) is 10.2 Å². The molecule has 0 unspecified atom stereocenters. The summed E-state index contributed by atoms with van der Waals surface area (Å²) in [5.74, 6) is 0. The molecule has 3 fully saturated rings. The third-order valence-corrected chi connectivity index (χ3v) is 8.16. The summed E-state index contributed by atoms with van der Waals surface area (Å²) in [5.41, 5.74) is 6.16. The van der Waals surface area contributed by atoms with Crippen molar-refractivity contribution in [3.05, 3.63) is 64.6 Å². The number of morpholine rings is 3. The van der Waals surface area contributed by atoms with Crippen molar-refractivity contribution in [1.29, 1.82) is 0 Å². The minimum atomic E-state index is -4.94. The minimum Gasteiger partial charge on any atom is -0.378 e. The fraction of sp³-hybridized carbons (Fsp3) is 0.429. The highest BCUT2D eigenvalue weighted by molar-refractivity contribution is 8.18. The Kier molecular flexibility index (Phi) is 10.3. The van der Waals surface area contributed by atoms with E-state index >= 15 is 0 Å². The number of anilines is 2. The van der Waals surface area contributed by atoms with Gasteiger partial charge in [-0.1, -0.05) is 24.3 Å². The van der Waals surface area contributed by atoms with E-state index in [9.17, 15) is 0 Å². The molecule has 6 rings (SSSR count). The van der Waals surface area contributed by atoms with Crippen molar-refractivity contribution in [2.24, 2.45) is 4.99 Å². The van der Waals surface area contributed by atoms with E-state index in [1.54, 1.807) is 11.8 Å². The topological polar surface area (TPSA) is 142 Å². The first kappa shape index (κ1) is 30.0. The Morgan fingerprint density at radius 2 is 1.10 bits per heavy atom. The molecule has 0 atom stereocenters. The smallest absolute Gasteiger partial charge is 0.359 e. The van der Waals surface area contributed by atoms with Crippen molar-refractivity contribution >= 4 is 40.1 Å². The van der Waals surface area contributed by atoms with Crippen LogP contribution < -0.4 is 28.4 Å². The van der Waals surface area contributed by atoms with Crippen LogP contribution in [-0.2, 0) is 14.2 Å². The molecule has 220 valence electrons. The number of aliphatic imine (C=N–C) groups is 1. The zero-order chi connectivity index (χ0) is 28.7. The van der Waals surface area contributed by atoms with E-state index in [2.05, 4.69) is 62.9 Å². The molecule has 0 radical (unpaired) electrons. The molecule has 3 saturated heterocycles. The second-order valence-electron chi connectivity index (χ2n) is 9.65. The lowest BCUT2D eigenvalue weighted by molar-refractivity contribution is -2.00. The van der Waals surface area contributed by atoms with Gasteiger partial charge in [0.2, 0.25) is 0 Å². The number of halogens is 1. The molecule has 0 amide bonds. The van der Waals surface area contributed by atoms with Gasteiger partial charge in [-0.25, -0.2) is 23.2 Å². The van der Waals surface area contributed by atoms with E-state index in [1.165, 1.54) is 33.0 Å². The SMILES string of the molecule is C1=NC(=[N+]2CCOCC2)SC1=C(c1ccc(N2CCOCC2)cc1)c1ccc(N2CCOCC2)cc1.[O-][Cl+3]([O-])([O-])[O-]. The monoisotopic (exact) mass is 604 g/mol. The van der Waals surface area contributed by atoms with Gasteiger partial charge in [0.05, 0.1) is 44.5 Å². The molecule has 4 aliphatic heterocycles. The molecule has 2 aromatic rings. The van der Waals surface area contributed by atoms with Gasteiger partial charge in [0.1, 0.15) is 13.1 Å². The molecule has 0 aliphatic carbocycles. The quantitative estimate of drug-likeness (QED) is 0.382. The summed E-state index contributed by atoms with van der Waals surface area (Å²) in [5, 5.41) is 1.07. The molecule has 0 bridgehead atoms. The van der Waals surface area contributed by atoms with Crippen LogP contribution in [0.1, 0.15) is 11.1 Å².